The van der Waals surface area contributed by atoms with Crippen molar-refractivity contribution in [3.63, 3.8) is 0 Å². The Balaban J connectivity index is 1.43. The maximum absolute atomic E-state index is 14.6. The summed E-state index contributed by atoms with van der Waals surface area (Å²) in [5.74, 6) is -0.775. The molecule has 5 heterocycles. The fourth-order valence-electron chi connectivity index (χ4n) is 4.20. The van der Waals surface area contributed by atoms with Crippen LogP contribution < -0.4 is 4.90 Å². The summed E-state index contributed by atoms with van der Waals surface area (Å²) in [6.45, 7) is 7.75. The lowest BCUT2D eigenvalue weighted by atomic mass is 10.0. The van der Waals surface area contributed by atoms with Gasteiger partial charge in [0.2, 0.25) is 5.95 Å². The molecule has 3 aromatic heterocycles. The van der Waals surface area contributed by atoms with Crippen molar-refractivity contribution in [1.29, 1.82) is 0 Å². The van der Waals surface area contributed by atoms with E-state index < -0.39 is 29.9 Å². The minimum atomic E-state index is -4.44. The number of anilines is 1. The molecule has 0 spiro atoms. The maximum Gasteiger partial charge on any atom is 0.410 e. The van der Waals surface area contributed by atoms with E-state index in [4.69, 9.17) is 4.74 Å². The molecule has 0 unspecified atom stereocenters. The summed E-state index contributed by atoms with van der Waals surface area (Å²) < 4.78 is 61.3. The summed E-state index contributed by atoms with van der Waals surface area (Å²) >= 11 is 0. The average Bonchev–Trinajstić information content (AvgIpc) is 3.26. The molecule has 1 atom stereocenters. The lowest BCUT2D eigenvalue weighted by Crippen LogP contribution is -2.56. The zero-order valence-corrected chi connectivity index (χ0v) is 19.5. The molecule has 2 fully saturated rings. The average molecular weight is 496 g/mol. The van der Waals surface area contributed by atoms with Crippen LogP contribution in [0.4, 0.5) is 28.2 Å². The van der Waals surface area contributed by atoms with Gasteiger partial charge in [-0.3, -0.25) is 4.40 Å². The molecule has 0 aromatic carbocycles. The first kappa shape index (κ1) is 23.3. The quantitative estimate of drug-likeness (QED) is 0.514. The second-order valence-corrected chi connectivity index (χ2v) is 9.74. The Morgan fingerprint density at radius 2 is 1.89 bits per heavy atom. The summed E-state index contributed by atoms with van der Waals surface area (Å²) in [6, 6.07) is -1.91. The van der Waals surface area contributed by atoms with Gasteiger partial charge >= 0.3 is 12.3 Å². The highest BCUT2D eigenvalue weighted by molar-refractivity contribution is 5.72. The number of hydrogen-bond donors (Lipinski definition) is 0. The lowest BCUT2D eigenvalue weighted by Gasteiger charge is -2.42. The Morgan fingerprint density at radius 1 is 1.17 bits per heavy atom. The molecule has 35 heavy (non-hydrogen) atoms. The van der Waals surface area contributed by atoms with Crippen molar-refractivity contribution >= 4 is 17.6 Å². The normalized spacial score (nSPS) is 19.1. The van der Waals surface area contributed by atoms with Crippen molar-refractivity contribution in [1.82, 2.24) is 34.3 Å². The lowest BCUT2D eigenvalue weighted by molar-refractivity contribution is -0.159. The molecule has 2 aliphatic rings. The topological polar surface area (TPSA) is 93.7 Å². The number of fused-ring (bicyclic) bond motifs is 1. The van der Waals surface area contributed by atoms with E-state index in [1.165, 1.54) is 15.9 Å². The van der Waals surface area contributed by atoms with Gasteiger partial charge in [-0.25, -0.2) is 14.8 Å². The zero-order valence-electron chi connectivity index (χ0n) is 19.5. The number of carbonyl (C=O) groups excluding carboxylic acids is 1. The summed E-state index contributed by atoms with van der Waals surface area (Å²) in [6.07, 6.45) is -2.57. The zero-order chi connectivity index (χ0) is 25.3. The van der Waals surface area contributed by atoms with E-state index in [0.717, 1.165) is 15.5 Å². The molecule has 2 aliphatic heterocycles. The van der Waals surface area contributed by atoms with E-state index >= 15 is 0 Å². The second-order valence-electron chi connectivity index (χ2n) is 9.74. The second kappa shape index (κ2) is 7.78. The predicted octanol–water partition coefficient (Wildman–Crippen LogP) is 3.37. The van der Waals surface area contributed by atoms with Crippen LogP contribution in [0, 0.1) is 12.9 Å². The number of halogens is 4. The van der Waals surface area contributed by atoms with Crippen LogP contribution in [0.2, 0.25) is 0 Å². The minimum absolute atomic E-state index is 0.0112. The van der Waals surface area contributed by atoms with Gasteiger partial charge in [-0.05, 0) is 34.1 Å². The molecule has 5 rings (SSSR count). The number of imidazole rings is 1. The van der Waals surface area contributed by atoms with Crippen LogP contribution >= 0.6 is 0 Å². The third-order valence-electron chi connectivity index (χ3n) is 6.08. The number of likely N-dealkylation sites (tertiary alicyclic amines) is 1. The van der Waals surface area contributed by atoms with Gasteiger partial charge in [-0.2, -0.15) is 32.6 Å². The highest BCUT2D eigenvalue weighted by Crippen LogP contribution is 2.39. The molecule has 0 aliphatic carbocycles. The van der Waals surface area contributed by atoms with Crippen molar-refractivity contribution in [2.75, 3.05) is 24.5 Å². The van der Waals surface area contributed by atoms with Crippen LogP contribution in [0.1, 0.15) is 38.9 Å². The Hall–Kier alpha value is -3.45. The first-order valence-corrected chi connectivity index (χ1v) is 11.1. The number of carbonyl (C=O) groups is 1. The number of ether oxygens (including phenoxy) is 1. The van der Waals surface area contributed by atoms with Crippen LogP contribution in [-0.4, -0.2) is 77.8 Å². The minimum Gasteiger partial charge on any atom is -0.444 e. The number of alkyl halides is 3. The smallest absolute Gasteiger partial charge is 0.410 e. The van der Waals surface area contributed by atoms with Crippen LogP contribution in [0.5, 0.6) is 0 Å². The maximum atomic E-state index is 14.6. The van der Waals surface area contributed by atoms with E-state index in [1.54, 1.807) is 27.7 Å². The number of rotatable bonds is 3. The van der Waals surface area contributed by atoms with Gasteiger partial charge in [0.25, 0.3) is 0 Å². The number of aryl methyl sites for hydroxylation is 1. The van der Waals surface area contributed by atoms with Crippen molar-refractivity contribution in [2.24, 2.45) is 0 Å². The molecule has 0 bridgehead atoms. The standard InChI is InChI=1S/C21H24F4N8O2/c1-11-16(13-7-27-33(29-13)12-9-30(10-12)19(34)35-20(2,3)4)28-18(17-26-8-15(22)32(11)17)31-6-5-14(31)21(23,24)25/h7-8,12,14H,5-6,9-10H2,1-4H3/t14-/m1/s1. The fraction of sp³-hybridized carbons (Fsp3) is 0.571. The Bertz CT molecular complexity index is 1290. The summed E-state index contributed by atoms with van der Waals surface area (Å²) in [5, 5.41) is 8.68. The van der Waals surface area contributed by atoms with Gasteiger partial charge in [-0.15, -0.1) is 0 Å². The third kappa shape index (κ3) is 4.04. The van der Waals surface area contributed by atoms with Crippen LogP contribution in [-0.2, 0) is 4.74 Å². The highest BCUT2D eigenvalue weighted by Gasteiger charge is 2.50. The Labute approximate surface area is 197 Å². The predicted molar refractivity (Wildman–Crippen MR) is 115 cm³/mol. The largest absolute Gasteiger partial charge is 0.444 e. The fourth-order valence-corrected chi connectivity index (χ4v) is 4.20. The molecular formula is C21H24F4N8O2. The van der Waals surface area contributed by atoms with Gasteiger partial charge in [-0.1, -0.05) is 0 Å². The van der Waals surface area contributed by atoms with E-state index in [9.17, 15) is 22.4 Å². The van der Waals surface area contributed by atoms with Crippen LogP contribution in [0.3, 0.4) is 0 Å². The monoisotopic (exact) mass is 496 g/mol. The highest BCUT2D eigenvalue weighted by atomic mass is 19.4. The molecule has 1 amide bonds. The van der Waals surface area contributed by atoms with Crippen molar-refractivity contribution in [2.45, 2.75) is 58.0 Å². The molecule has 0 saturated carbocycles. The van der Waals surface area contributed by atoms with Gasteiger partial charge in [0.05, 0.1) is 31.2 Å². The van der Waals surface area contributed by atoms with E-state index in [-0.39, 0.29) is 41.9 Å². The Kier molecular flexibility index (Phi) is 5.18. The van der Waals surface area contributed by atoms with Crippen molar-refractivity contribution in [3.05, 3.63) is 24.0 Å². The molecule has 2 saturated heterocycles. The number of hydrogen-bond acceptors (Lipinski definition) is 7. The first-order valence-electron chi connectivity index (χ1n) is 11.1. The molecule has 0 N–H and O–H groups in total. The van der Waals surface area contributed by atoms with Crippen LogP contribution in [0.25, 0.3) is 17.0 Å². The van der Waals surface area contributed by atoms with Crippen LogP contribution in [0.15, 0.2) is 12.4 Å². The van der Waals surface area contributed by atoms with Crippen molar-refractivity contribution in [3.8, 4) is 11.4 Å². The third-order valence-corrected chi connectivity index (χ3v) is 6.08. The van der Waals surface area contributed by atoms with Gasteiger partial charge in [0, 0.05) is 6.54 Å². The van der Waals surface area contributed by atoms with E-state index in [2.05, 4.69) is 20.2 Å². The van der Waals surface area contributed by atoms with Gasteiger partial charge < -0.3 is 14.5 Å². The number of amides is 1. The van der Waals surface area contributed by atoms with Gasteiger partial charge in [0.1, 0.15) is 29.1 Å². The van der Waals surface area contributed by atoms with Gasteiger partial charge in [0.15, 0.2) is 11.5 Å². The summed E-state index contributed by atoms with van der Waals surface area (Å²) in [4.78, 5) is 24.6. The molecule has 10 nitrogen and oxygen atoms in total. The Morgan fingerprint density at radius 3 is 2.49 bits per heavy atom. The van der Waals surface area contributed by atoms with Crippen molar-refractivity contribution < 1.29 is 27.1 Å². The summed E-state index contributed by atoms with van der Waals surface area (Å²) in [5.41, 5.74) is 0.213. The molecular weight excluding hydrogens is 472 g/mol. The number of nitrogens with zero attached hydrogens (tertiary/aromatic N) is 8. The molecule has 188 valence electrons. The van der Waals surface area contributed by atoms with E-state index in [1.807, 2.05) is 0 Å². The summed E-state index contributed by atoms with van der Waals surface area (Å²) in [7, 11) is 0. The SMILES string of the molecule is Cc1c(-c2cnn(C3CN(C(=O)OC(C)(C)C)C3)n2)nc(N2CC[C@@H]2C(F)(F)F)c2ncc(F)n12. The molecule has 14 heteroatoms. The first-order chi connectivity index (χ1) is 16.3. The molecule has 0 radical (unpaired) electrons. The number of aromatic nitrogens is 6. The molecule has 3 aromatic rings. The van der Waals surface area contributed by atoms with E-state index in [0.29, 0.717) is 18.8 Å².